The van der Waals surface area contributed by atoms with Crippen LogP contribution in [0.5, 0.6) is 5.75 Å². The molecule has 2 aromatic carbocycles. The summed E-state index contributed by atoms with van der Waals surface area (Å²) < 4.78 is 10.5. The third-order valence-electron chi connectivity index (χ3n) is 3.03. The molecule has 0 heterocycles. The summed E-state index contributed by atoms with van der Waals surface area (Å²) in [5, 5.41) is 0. The van der Waals surface area contributed by atoms with Gasteiger partial charge in [-0.15, -0.1) is 0 Å². The van der Waals surface area contributed by atoms with Gasteiger partial charge in [-0.3, -0.25) is 0 Å². The van der Waals surface area contributed by atoms with Crippen molar-refractivity contribution in [3.05, 3.63) is 64.7 Å². The standard InChI is InChI=1S/C17H18O3/c1-12-4-9-16(13(2)10-12)20-17(18)15-7-5-14(6-8-15)11-19-3/h4-10H,11H2,1-3H3. The lowest BCUT2D eigenvalue weighted by Crippen LogP contribution is -2.09. The fourth-order valence-electron chi connectivity index (χ4n) is 1.98. The van der Waals surface area contributed by atoms with E-state index in [1.165, 1.54) is 0 Å². The van der Waals surface area contributed by atoms with Gasteiger partial charge in [0.1, 0.15) is 5.75 Å². The Kier molecular flexibility index (Phi) is 4.53. The Labute approximate surface area is 119 Å². The van der Waals surface area contributed by atoms with Gasteiger partial charge >= 0.3 is 5.97 Å². The zero-order valence-corrected chi connectivity index (χ0v) is 12.0. The summed E-state index contributed by atoms with van der Waals surface area (Å²) in [4.78, 5) is 12.1. The molecule has 3 heteroatoms. The number of rotatable bonds is 4. The highest BCUT2D eigenvalue weighted by molar-refractivity contribution is 5.91. The zero-order chi connectivity index (χ0) is 14.5. The Morgan fingerprint density at radius 2 is 1.75 bits per heavy atom. The third-order valence-corrected chi connectivity index (χ3v) is 3.03. The van der Waals surface area contributed by atoms with Crippen molar-refractivity contribution in [3.8, 4) is 5.75 Å². The molecule has 0 aliphatic heterocycles. The van der Waals surface area contributed by atoms with E-state index in [2.05, 4.69) is 0 Å². The minimum atomic E-state index is -0.346. The lowest BCUT2D eigenvalue weighted by atomic mass is 10.1. The van der Waals surface area contributed by atoms with Crippen LogP contribution in [0, 0.1) is 13.8 Å². The number of carbonyl (C=O) groups is 1. The molecule has 2 rings (SSSR count). The van der Waals surface area contributed by atoms with Gasteiger partial charge in [0, 0.05) is 7.11 Å². The van der Waals surface area contributed by atoms with Crippen molar-refractivity contribution in [3.63, 3.8) is 0 Å². The Morgan fingerprint density at radius 3 is 2.35 bits per heavy atom. The summed E-state index contributed by atoms with van der Waals surface area (Å²) in [7, 11) is 1.64. The van der Waals surface area contributed by atoms with Gasteiger partial charge in [0.05, 0.1) is 12.2 Å². The number of ether oxygens (including phenoxy) is 2. The SMILES string of the molecule is COCc1ccc(C(=O)Oc2ccc(C)cc2C)cc1. The summed E-state index contributed by atoms with van der Waals surface area (Å²) in [5.74, 6) is 0.252. The fourth-order valence-corrected chi connectivity index (χ4v) is 1.98. The number of benzene rings is 2. The third kappa shape index (κ3) is 3.45. The molecule has 0 fully saturated rings. The molecule has 0 aromatic heterocycles. The topological polar surface area (TPSA) is 35.5 Å². The fraction of sp³-hybridized carbons (Fsp3) is 0.235. The molecular formula is C17H18O3. The van der Waals surface area contributed by atoms with Gasteiger partial charge < -0.3 is 9.47 Å². The van der Waals surface area contributed by atoms with E-state index in [0.717, 1.165) is 16.7 Å². The van der Waals surface area contributed by atoms with Crippen LogP contribution in [0.2, 0.25) is 0 Å². The van der Waals surface area contributed by atoms with Crippen LogP contribution in [-0.4, -0.2) is 13.1 Å². The molecule has 0 N–H and O–H groups in total. The van der Waals surface area contributed by atoms with Crippen molar-refractivity contribution in [2.45, 2.75) is 20.5 Å². The summed E-state index contributed by atoms with van der Waals surface area (Å²) in [6.07, 6.45) is 0. The van der Waals surface area contributed by atoms with Crippen molar-refractivity contribution in [2.75, 3.05) is 7.11 Å². The molecule has 0 saturated carbocycles. The van der Waals surface area contributed by atoms with E-state index in [4.69, 9.17) is 9.47 Å². The molecular weight excluding hydrogens is 252 g/mol. The molecule has 0 unspecified atom stereocenters. The van der Waals surface area contributed by atoms with Crippen molar-refractivity contribution >= 4 is 5.97 Å². The predicted molar refractivity (Wildman–Crippen MR) is 78.0 cm³/mol. The second-order valence-corrected chi connectivity index (χ2v) is 4.79. The molecule has 104 valence electrons. The molecule has 0 atom stereocenters. The molecule has 0 aliphatic carbocycles. The second kappa shape index (κ2) is 6.35. The molecule has 20 heavy (non-hydrogen) atoms. The van der Waals surface area contributed by atoms with E-state index in [1.807, 2.05) is 44.2 Å². The quantitative estimate of drug-likeness (QED) is 0.628. The van der Waals surface area contributed by atoms with Crippen LogP contribution in [0.4, 0.5) is 0 Å². The van der Waals surface area contributed by atoms with Gasteiger partial charge in [-0.1, -0.05) is 29.8 Å². The van der Waals surface area contributed by atoms with Crippen LogP contribution in [-0.2, 0) is 11.3 Å². The van der Waals surface area contributed by atoms with Crippen LogP contribution in [0.15, 0.2) is 42.5 Å². The minimum absolute atomic E-state index is 0.346. The van der Waals surface area contributed by atoms with E-state index < -0.39 is 0 Å². The second-order valence-electron chi connectivity index (χ2n) is 4.79. The summed E-state index contributed by atoms with van der Waals surface area (Å²) in [6, 6.07) is 13.0. The predicted octanol–water partition coefficient (Wildman–Crippen LogP) is 3.67. The lowest BCUT2D eigenvalue weighted by molar-refractivity contribution is 0.0733. The van der Waals surface area contributed by atoms with Gasteiger partial charge in [-0.25, -0.2) is 4.79 Å². The van der Waals surface area contributed by atoms with E-state index in [-0.39, 0.29) is 5.97 Å². The van der Waals surface area contributed by atoms with Crippen LogP contribution >= 0.6 is 0 Å². The van der Waals surface area contributed by atoms with Crippen LogP contribution in [0.3, 0.4) is 0 Å². The first-order valence-corrected chi connectivity index (χ1v) is 6.47. The minimum Gasteiger partial charge on any atom is -0.423 e. The maximum Gasteiger partial charge on any atom is 0.343 e. The van der Waals surface area contributed by atoms with Gasteiger partial charge in [0.2, 0.25) is 0 Å². The highest BCUT2D eigenvalue weighted by atomic mass is 16.5. The normalized spacial score (nSPS) is 10.3. The lowest BCUT2D eigenvalue weighted by Gasteiger charge is -2.08. The average molecular weight is 270 g/mol. The highest BCUT2D eigenvalue weighted by Gasteiger charge is 2.10. The molecule has 0 spiro atoms. The van der Waals surface area contributed by atoms with Gasteiger partial charge in [0.25, 0.3) is 0 Å². The number of hydrogen-bond acceptors (Lipinski definition) is 3. The Morgan fingerprint density at radius 1 is 1.05 bits per heavy atom. The zero-order valence-electron chi connectivity index (χ0n) is 12.0. The maximum atomic E-state index is 12.1. The van der Waals surface area contributed by atoms with Gasteiger partial charge in [0.15, 0.2) is 0 Å². The van der Waals surface area contributed by atoms with E-state index in [1.54, 1.807) is 19.2 Å². The molecule has 0 bridgehead atoms. The van der Waals surface area contributed by atoms with Crippen LogP contribution in [0.25, 0.3) is 0 Å². The first kappa shape index (κ1) is 14.3. The summed E-state index contributed by atoms with van der Waals surface area (Å²) in [6.45, 7) is 4.47. The largest absolute Gasteiger partial charge is 0.423 e. The molecule has 2 aromatic rings. The van der Waals surface area contributed by atoms with E-state index >= 15 is 0 Å². The molecule has 0 amide bonds. The van der Waals surface area contributed by atoms with E-state index in [9.17, 15) is 4.79 Å². The maximum absolute atomic E-state index is 12.1. The molecule has 0 aliphatic rings. The Bertz CT molecular complexity index is 600. The smallest absolute Gasteiger partial charge is 0.343 e. The number of aryl methyl sites for hydroxylation is 2. The Hall–Kier alpha value is -2.13. The molecule has 0 saturated heterocycles. The number of carbonyl (C=O) groups excluding carboxylic acids is 1. The van der Waals surface area contributed by atoms with Crippen LogP contribution in [0.1, 0.15) is 27.0 Å². The molecule has 0 radical (unpaired) electrons. The summed E-state index contributed by atoms with van der Waals surface area (Å²) >= 11 is 0. The van der Waals surface area contributed by atoms with Crippen LogP contribution < -0.4 is 4.74 Å². The summed E-state index contributed by atoms with van der Waals surface area (Å²) in [5.41, 5.74) is 3.65. The number of methoxy groups -OCH3 is 1. The first-order valence-electron chi connectivity index (χ1n) is 6.47. The van der Waals surface area contributed by atoms with Gasteiger partial charge in [-0.05, 0) is 43.2 Å². The van der Waals surface area contributed by atoms with Crippen molar-refractivity contribution < 1.29 is 14.3 Å². The average Bonchev–Trinajstić information content (AvgIpc) is 2.43. The van der Waals surface area contributed by atoms with Gasteiger partial charge in [-0.2, -0.15) is 0 Å². The first-order chi connectivity index (χ1) is 9.60. The van der Waals surface area contributed by atoms with Crippen molar-refractivity contribution in [2.24, 2.45) is 0 Å². The number of hydrogen-bond donors (Lipinski definition) is 0. The molecule has 3 nitrogen and oxygen atoms in total. The highest BCUT2D eigenvalue weighted by Crippen LogP contribution is 2.20. The van der Waals surface area contributed by atoms with E-state index in [0.29, 0.717) is 17.9 Å². The van der Waals surface area contributed by atoms with Crippen molar-refractivity contribution in [1.82, 2.24) is 0 Å². The number of esters is 1. The van der Waals surface area contributed by atoms with Crippen molar-refractivity contribution in [1.29, 1.82) is 0 Å². The monoisotopic (exact) mass is 270 g/mol. The Balaban J connectivity index is 2.11.